The van der Waals surface area contributed by atoms with Crippen molar-refractivity contribution in [2.45, 2.75) is 69.9 Å². The van der Waals surface area contributed by atoms with Crippen LogP contribution in [0.5, 0.6) is 0 Å². The van der Waals surface area contributed by atoms with Gasteiger partial charge in [-0.1, -0.05) is 12.2 Å². The molecule has 0 amide bonds. The molecule has 0 aromatic carbocycles. The lowest BCUT2D eigenvalue weighted by molar-refractivity contribution is -0.320. The number of hydrogen-bond donors (Lipinski definition) is 0. The molecule has 0 radical (unpaired) electrons. The maximum absolute atomic E-state index is 12.2. The van der Waals surface area contributed by atoms with Crippen molar-refractivity contribution in [3.63, 3.8) is 0 Å². The molecule has 4 nitrogen and oxygen atoms in total. The Labute approximate surface area is 132 Å². The van der Waals surface area contributed by atoms with Crippen LogP contribution in [-0.2, 0) is 19.0 Å². The van der Waals surface area contributed by atoms with E-state index in [1.807, 2.05) is 6.92 Å². The zero-order valence-corrected chi connectivity index (χ0v) is 13.3. The summed E-state index contributed by atoms with van der Waals surface area (Å²) in [4.78, 5) is 12.2. The van der Waals surface area contributed by atoms with Crippen molar-refractivity contribution >= 4 is 5.97 Å². The fraction of sp³-hybridized carbons (Fsp3) is 0.833. The Morgan fingerprint density at radius 1 is 1.18 bits per heavy atom. The van der Waals surface area contributed by atoms with E-state index in [1.54, 1.807) is 0 Å². The van der Waals surface area contributed by atoms with Crippen LogP contribution in [0, 0.1) is 17.8 Å². The molecule has 1 heterocycles. The smallest absolute Gasteiger partial charge is 0.311 e. The Kier molecular flexibility index (Phi) is 3.77. The summed E-state index contributed by atoms with van der Waals surface area (Å²) < 4.78 is 17.5. The fourth-order valence-corrected chi connectivity index (χ4v) is 4.73. The van der Waals surface area contributed by atoms with Crippen molar-refractivity contribution < 1.29 is 19.0 Å². The number of allylic oxidation sites excluding steroid dienone is 2. The van der Waals surface area contributed by atoms with Crippen LogP contribution in [-0.4, -0.2) is 30.6 Å². The summed E-state index contributed by atoms with van der Waals surface area (Å²) in [5.74, 6) is 0.874. The van der Waals surface area contributed by atoms with Crippen molar-refractivity contribution in [2.24, 2.45) is 17.8 Å². The molecular formula is C18H26O4. The number of esters is 1. The molecule has 4 bridgehead atoms. The third-order valence-corrected chi connectivity index (χ3v) is 5.75. The van der Waals surface area contributed by atoms with E-state index in [9.17, 15) is 4.79 Å². The zero-order valence-electron chi connectivity index (χ0n) is 13.3. The second-order valence-corrected chi connectivity index (χ2v) is 7.68. The topological polar surface area (TPSA) is 44.8 Å². The number of carbonyl (C=O) groups excluding carboxylic acids is 1. The number of fused-ring (bicyclic) bond motifs is 4. The van der Waals surface area contributed by atoms with Crippen LogP contribution < -0.4 is 0 Å². The van der Waals surface area contributed by atoms with Gasteiger partial charge in [0, 0.05) is 6.42 Å². The molecule has 22 heavy (non-hydrogen) atoms. The first kappa shape index (κ1) is 14.7. The van der Waals surface area contributed by atoms with Crippen molar-refractivity contribution in [2.75, 3.05) is 6.61 Å². The highest BCUT2D eigenvalue weighted by Gasteiger charge is 2.43. The highest BCUT2D eigenvalue weighted by molar-refractivity contribution is 5.70. The van der Waals surface area contributed by atoms with Crippen molar-refractivity contribution in [3.8, 4) is 0 Å². The van der Waals surface area contributed by atoms with Gasteiger partial charge in [0.05, 0.1) is 25.2 Å². The van der Waals surface area contributed by atoms with Gasteiger partial charge in [-0.2, -0.15) is 0 Å². The molecule has 2 saturated carbocycles. The Morgan fingerprint density at radius 3 is 2.59 bits per heavy atom. The van der Waals surface area contributed by atoms with E-state index in [0.29, 0.717) is 18.4 Å². The summed E-state index contributed by atoms with van der Waals surface area (Å²) >= 11 is 0. The van der Waals surface area contributed by atoms with E-state index in [2.05, 4.69) is 12.2 Å². The molecule has 4 aliphatic rings. The lowest BCUT2D eigenvalue weighted by Gasteiger charge is -2.45. The standard InChI is InChI=1S/C18H26O4/c1-18(21-15-3-2-4-16(9-15)22-18)10-17(19)20-11-14-8-12-5-6-13(14)7-12/h5-6,12-16H,2-4,7-11H2,1H3. The summed E-state index contributed by atoms with van der Waals surface area (Å²) in [7, 11) is 0. The van der Waals surface area contributed by atoms with Gasteiger partial charge in [-0.15, -0.1) is 0 Å². The second kappa shape index (κ2) is 5.64. The van der Waals surface area contributed by atoms with Crippen LogP contribution in [0.1, 0.15) is 51.9 Å². The summed E-state index contributed by atoms with van der Waals surface area (Å²) in [5, 5.41) is 0. The van der Waals surface area contributed by atoms with E-state index in [4.69, 9.17) is 14.2 Å². The third kappa shape index (κ3) is 2.95. The van der Waals surface area contributed by atoms with E-state index >= 15 is 0 Å². The third-order valence-electron chi connectivity index (χ3n) is 5.75. The molecule has 4 heteroatoms. The molecule has 5 unspecified atom stereocenters. The average molecular weight is 306 g/mol. The van der Waals surface area contributed by atoms with Gasteiger partial charge in [0.15, 0.2) is 5.79 Å². The molecule has 122 valence electrons. The Morgan fingerprint density at radius 2 is 1.95 bits per heavy atom. The van der Waals surface area contributed by atoms with Crippen LogP contribution in [0.15, 0.2) is 12.2 Å². The highest BCUT2D eigenvalue weighted by Crippen LogP contribution is 2.43. The van der Waals surface area contributed by atoms with Crippen LogP contribution in [0.3, 0.4) is 0 Å². The van der Waals surface area contributed by atoms with Crippen molar-refractivity contribution in [1.82, 2.24) is 0 Å². The van der Waals surface area contributed by atoms with Gasteiger partial charge in [-0.05, 0) is 56.8 Å². The lowest BCUT2D eigenvalue weighted by atomic mass is 9.92. The Balaban J connectivity index is 1.27. The van der Waals surface area contributed by atoms with Crippen LogP contribution in [0.2, 0.25) is 0 Å². The normalized spacial score (nSPS) is 46.0. The van der Waals surface area contributed by atoms with Gasteiger partial charge in [0.25, 0.3) is 0 Å². The van der Waals surface area contributed by atoms with Crippen LogP contribution in [0.4, 0.5) is 0 Å². The summed E-state index contributed by atoms with van der Waals surface area (Å²) in [6, 6.07) is 0. The average Bonchev–Trinajstić information content (AvgIpc) is 3.06. The van der Waals surface area contributed by atoms with Gasteiger partial charge in [-0.25, -0.2) is 0 Å². The SMILES string of the molecule is CC1(CC(=O)OCC2CC3C=CC2C3)OC2CCCC(C2)O1. The Hall–Kier alpha value is -0.870. The first-order chi connectivity index (χ1) is 10.6. The van der Waals surface area contributed by atoms with E-state index in [1.165, 1.54) is 12.8 Å². The van der Waals surface area contributed by atoms with Crippen LogP contribution in [0.25, 0.3) is 0 Å². The molecule has 4 rings (SSSR count). The minimum absolute atomic E-state index is 0.186. The predicted octanol–water partition coefficient (Wildman–Crippen LogP) is 3.21. The van der Waals surface area contributed by atoms with Crippen LogP contribution >= 0.6 is 0 Å². The molecule has 3 fully saturated rings. The van der Waals surface area contributed by atoms with Crippen molar-refractivity contribution in [1.29, 1.82) is 0 Å². The maximum Gasteiger partial charge on any atom is 0.311 e. The molecule has 1 saturated heterocycles. The molecule has 1 aliphatic heterocycles. The number of ether oxygens (including phenoxy) is 3. The molecule has 3 aliphatic carbocycles. The van der Waals surface area contributed by atoms with Gasteiger partial charge in [0.1, 0.15) is 0 Å². The fourth-order valence-electron chi connectivity index (χ4n) is 4.73. The highest BCUT2D eigenvalue weighted by atomic mass is 16.7. The van der Waals surface area contributed by atoms with E-state index < -0.39 is 5.79 Å². The molecule has 0 N–H and O–H groups in total. The van der Waals surface area contributed by atoms with Gasteiger partial charge in [0.2, 0.25) is 0 Å². The summed E-state index contributed by atoms with van der Waals surface area (Å²) in [6.45, 7) is 2.44. The largest absolute Gasteiger partial charge is 0.465 e. The molecule has 0 aromatic heterocycles. The summed E-state index contributed by atoms with van der Waals surface area (Å²) in [6.07, 6.45) is 12.0. The number of hydrogen-bond acceptors (Lipinski definition) is 4. The minimum atomic E-state index is -0.792. The lowest BCUT2D eigenvalue weighted by Crippen LogP contribution is -2.49. The Bertz CT molecular complexity index is 460. The summed E-state index contributed by atoms with van der Waals surface area (Å²) in [5.41, 5.74) is 0. The van der Waals surface area contributed by atoms with Crippen molar-refractivity contribution in [3.05, 3.63) is 12.2 Å². The quantitative estimate of drug-likeness (QED) is 0.591. The molecule has 0 aromatic rings. The minimum Gasteiger partial charge on any atom is -0.465 e. The van der Waals surface area contributed by atoms with Gasteiger partial charge < -0.3 is 14.2 Å². The first-order valence-electron chi connectivity index (χ1n) is 8.79. The molecular weight excluding hydrogens is 280 g/mol. The van der Waals surface area contributed by atoms with E-state index in [0.717, 1.165) is 31.6 Å². The predicted molar refractivity (Wildman–Crippen MR) is 81.0 cm³/mol. The maximum atomic E-state index is 12.2. The first-order valence-corrected chi connectivity index (χ1v) is 8.79. The zero-order chi connectivity index (χ0) is 15.2. The van der Waals surface area contributed by atoms with E-state index in [-0.39, 0.29) is 24.6 Å². The molecule has 0 spiro atoms. The van der Waals surface area contributed by atoms with Gasteiger partial charge in [-0.3, -0.25) is 4.79 Å². The number of carbonyl (C=O) groups is 1. The van der Waals surface area contributed by atoms with Gasteiger partial charge >= 0.3 is 5.97 Å². The molecule has 5 atom stereocenters. The monoisotopic (exact) mass is 306 g/mol. The number of rotatable bonds is 4. The second-order valence-electron chi connectivity index (χ2n) is 7.68.